The second kappa shape index (κ2) is 41.8. The van der Waals surface area contributed by atoms with E-state index in [1.165, 1.54) is 18.2 Å². The summed E-state index contributed by atoms with van der Waals surface area (Å²) in [4.78, 5) is 67.7. The number of Topliss-reactive ketones (excluding diaryl/α,β-unsaturated/α-hetero) is 2. The molecule has 27 heteroatoms. The average molecular weight is 1550 g/mol. The second-order valence-corrected chi connectivity index (χ2v) is 33.1. The van der Waals surface area contributed by atoms with Gasteiger partial charge in [-0.15, -0.1) is 0 Å². The highest BCUT2D eigenvalue weighted by Gasteiger charge is 2.52. The largest absolute Gasteiger partial charge is 0.459 e. The molecule has 7 rings (SSSR count). The van der Waals surface area contributed by atoms with Crippen LogP contribution in [0.25, 0.3) is 0 Å². The third kappa shape index (κ3) is 25.8. The Morgan fingerprint density at radius 2 is 1.28 bits per heavy atom. The first kappa shape index (κ1) is 91.8. The fourth-order valence-electron chi connectivity index (χ4n) is 16.8. The summed E-state index contributed by atoms with van der Waals surface area (Å²) in [6.45, 7) is 20.5. The quantitative estimate of drug-likeness (QED) is 0.0680. The first-order chi connectivity index (χ1) is 51.2. The second-order valence-electron chi connectivity index (χ2n) is 33.1. The van der Waals surface area contributed by atoms with Gasteiger partial charge in [0.1, 0.15) is 24.4 Å². The minimum atomic E-state index is -2.58. The molecule has 109 heavy (non-hydrogen) atoms. The van der Waals surface area contributed by atoms with Crippen molar-refractivity contribution in [1.29, 1.82) is 0 Å². The molecule has 27 nitrogen and oxygen atoms in total. The zero-order valence-electron chi connectivity index (χ0n) is 65.9. The molecule has 4 saturated heterocycles. The van der Waals surface area contributed by atoms with Gasteiger partial charge in [0.2, 0.25) is 11.6 Å². The maximum Gasteiger partial charge on any atom is 0.330 e. The lowest BCUT2D eigenvalue weighted by Crippen LogP contribution is -2.59. The molecule has 0 spiro atoms. The lowest BCUT2D eigenvalue weighted by Gasteiger charge is -2.47. The fourth-order valence-corrected chi connectivity index (χ4v) is 16.8. The van der Waals surface area contributed by atoms with Crippen LogP contribution in [0.3, 0.4) is 0 Å². The number of ketones is 3. The van der Waals surface area contributed by atoms with E-state index >= 15 is 0 Å². The van der Waals surface area contributed by atoms with Crippen LogP contribution in [0.1, 0.15) is 250 Å². The maximum absolute atomic E-state index is 14.3. The third-order valence-electron chi connectivity index (χ3n) is 23.7. The van der Waals surface area contributed by atoms with E-state index in [2.05, 4.69) is 0 Å². The molecule has 1 aliphatic carbocycles. The number of rotatable bonds is 16. The Labute approximate surface area is 642 Å². The molecule has 5 heterocycles. The van der Waals surface area contributed by atoms with E-state index in [4.69, 9.17) is 37.9 Å². The van der Waals surface area contributed by atoms with Crippen LogP contribution in [0.4, 0.5) is 0 Å². The van der Waals surface area contributed by atoms with Crippen LogP contribution in [0, 0.1) is 35.5 Å². The van der Waals surface area contributed by atoms with Crippen LogP contribution in [0.2, 0.25) is 0 Å². The number of benzene rings is 1. The predicted octanol–water partition coefficient (Wildman–Crippen LogP) is 5.86. The molecule has 6 unspecified atom stereocenters. The van der Waals surface area contributed by atoms with Crippen molar-refractivity contribution in [3.05, 3.63) is 70.8 Å². The van der Waals surface area contributed by atoms with Gasteiger partial charge in [0, 0.05) is 71.6 Å². The molecule has 0 amide bonds. The van der Waals surface area contributed by atoms with E-state index < -0.39 is 218 Å². The van der Waals surface area contributed by atoms with Crippen LogP contribution in [-0.4, -0.2) is 253 Å². The summed E-state index contributed by atoms with van der Waals surface area (Å²) in [6, 6.07) is 5.02. The van der Waals surface area contributed by atoms with Gasteiger partial charge in [0.25, 0.3) is 0 Å². The summed E-state index contributed by atoms with van der Waals surface area (Å²) in [5, 5.41) is 156. The fraction of sp³-hybridized carbons (Fsp3) is 0.793. The molecule has 4 fully saturated rings. The number of esters is 2. The van der Waals surface area contributed by atoms with Crippen molar-refractivity contribution in [3.8, 4) is 0 Å². The SMILES string of the molecule is CC[C@@H](O[C@H]1C[C@@](C)(O)[C@H](O[C@H]2CC[C@@H](OC(=O)[C@@H](C)[C@H](c3ccc4c(c3)C(=O)C=C(C)C4=O)[C@H]3CC[C@H](O)[C@H](C)O3)[C@H](C)O2)[C@H](C)O1)[C@H](C)[C@H](O)[C@@H](C)[C@H](O)[C@H](C)[C@H]1OC(=O)C=CCC(O)CC(O)CCCC(O)CCC(C)C(O)C(=O)[C@]2(O)C[C@H](O)C[C@H](C[C@H](O)C[C@@H](O)C[C@@H](O)CCCC(O)C=C[C@@H]1C)O2. The first-order valence-electron chi connectivity index (χ1n) is 40.0. The highest BCUT2D eigenvalue weighted by Crippen LogP contribution is 2.42. The van der Waals surface area contributed by atoms with Gasteiger partial charge in [-0.3, -0.25) is 19.2 Å². The number of carbonyl (C=O) groups is 5. The molecular formula is C82H130O27. The van der Waals surface area contributed by atoms with Crippen LogP contribution < -0.4 is 0 Å². The smallest absolute Gasteiger partial charge is 0.330 e. The number of hydrogen-bond donors (Lipinski definition) is 14. The Balaban J connectivity index is 0.944. The summed E-state index contributed by atoms with van der Waals surface area (Å²) in [7, 11) is 0. The molecule has 620 valence electrons. The van der Waals surface area contributed by atoms with Gasteiger partial charge in [-0.05, 0) is 174 Å². The summed E-state index contributed by atoms with van der Waals surface area (Å²) in [6.07, 6.45) is -12.9. The van der Waals surface area contributed by atoms with E-state index in [1.807, 2.05) is 6.92 Å². The topological polar surface area (TPSA) is 442 Å². The van der Waals surface area contributed by atoms with Gasteiger partial charge in [-0.1, -0.05) is 78.8 Å². The summed E-state index contributed by atoms with van der Waals surface area (Å²) in [5.74, 6) is -10.7. The van der Waals surface area contributed by atoms with Crippen molar-refractivity contribution in [2.24, 2.45) is 35.5 Å². The number of fused-ring (bicyclic) bond motifs is 3. The van der Waals surface area contributed by atoms with Crippen molar-refractivity contribution in [2.75, 3.05) is 0 Å². The molecule has 0 saturated carbocycles. The van der Waals surface area contributed by atoms with Crippen LogP contribution in [0.5, 0.6) is 0 Å². The molecule has 5 aliphatic heterocycles. The van der Waals surface area contributed by atoms with Crippen molar-refractivity contribution in [2.45, 2.75) is 376 Å². The van der Waals surface area contributed by atoms with Crippen LogP contribution in [-0.2, 0) is 52.3 Å². The number of hydrogen-bond acceptors (Lipinski definition) is 27. The van der Waals surface area contributed by atoms with E-state index in [0.717, 1.165) is 6.08 Å². The summed E-state index contributed by atoms with van der Waals surface area (Å²) in [5.41, 5.74) is -0.0384. The van der Waals surface area contributed by atoms with Gasteiger partial charge in [-0.25, -0.2) is 4.79 Å². The lowest BCUT2D eigenvalue weighted by molar-refractivity contribution is -0.330. The van der Waals surface area contributed by atoms with Crippen molar-refractivity contribution in [3.63, 3.8) is 0 Å². The minimum absolute atomic E-state index is 0.0444. The summed E-state index contributed by atoms with van der Waals surface area (Å²) >= 11 is 0. The highest BCUT2D eigenvalue weighted by molar-refractivity contribution is 6.24. The number of aliphatic hydroxyl groups excluding tert-OH is 12. The number of allylic oxidation sites excluding steroid dienone is 2. The number of ether oxygens (including phenoxy) is 8. The Hall–Kier alpha value is -4.41. The Kier molecular flexibility index (Phi) is 35.2. The Bertz CT molecular complexity index is 3160. The normalized spacial score (nSPS) is 39.2. The third-order valence-corrected chi connectivity index (χ3v) is 23.7. The molecule has 1 aromatic rings. The van der Waals surface area contributed by atoms with Gasteiger partial charge < -0.3 is 109 Å². The van der Waals surface area contributed by atoms with Gasteiger partial charge in [-0.2, -0.15) is 0 Å². The van der Waals surface area contributed by atoms with E-state index in [9.17, 15) is 95.5 Å². The lowest BCUT2D eigenvalue weighted by atomic mass is 9.77. The minimum Gasteiger partial charge on any atom is -0.459 e. The molecule has 0 aromatic heterocycles. The van der Waals surface area contributed by atoms with Crippen molar-refractivity contribution < 1.29 is 133 Å². The Morgan fingerprint density at radius 3 is 1.94 bits per heavy atom. The molecule has 32 atom stereocenters. The summed E-state index contributed by atoms with van der Waals surface area (Å²) < 4.78 is 50.1. The van der Waals surface area contributed by atoms with Crippen molar-refractivity contribution in [1.82, 2.24) is 0 Å². The first-order valence-corrected chi connectivity index (χ1v) is 40.0. The van der Waals surface area contributed by atoms with Crippen LogP contribution in [0.15, 0.2) is 54.2 Å². The zero-order valence-corrected chi connectivity index (χ0v) is 65.9. The van der Waals surface area contributed by atoms with Gasteiger partial charge >= 0.3 is 11.9 Å². The van der Waals surface area contributed by atoms with Crippen molar-refractivity contribution >= 4 is 29.3 Å². The van der Waals surface area contributed by atoms with Crippen LogP contribution >= 0.6 is 0 Å². The molecular weight excluding hydrogens is 1420 g/mol. The highest BCUT2D eigenvalue weighted by atomic mass is 16.7. The molecule has 0 radical (unpaired) electrons. The predicted molar refractivity (Wildman–Crippen MR) is 398 cm³/mol. The maximum atomic E-state index is 14.3. The number of cyclic esters (lactones) is 1. The molecule has 14 N–H and O–H groups in total. The molecule has 6 aliphatic rings. The van der Waals surface area contributed by atoms with E-state index in [-0.39, 0.29) is 113 Å². The average Bonchev–Trinajstić information content (AvgIpc) is 0.786. The van der Waals surface area contributed by atoms with Gasteiger partial charge in [0.05, 0.1) is 115 Å². The molecule has 1 aromatic carbocycles. The number of aliphatic hydroxyl groups is 14. The molecule has 2 bridgehead atoms. The zero-order chi connectivity index (χ0) is 80.7. The van der Waals surface area contributed by atoms with E-state index in [1.54, 1.807) is 100 Å². The Morgan fingerprint density at radius 1 is 0.642 bits per heavy atom. The number of carbonyl (C=O) groups excluding carboxylic acids is 5. The van der Waals surface area contributed by atoms with E-state index in [0.29, 0.717) is 49.7 Å². The standard InChI is InChI=1S/C82H130O27/c1-13-66(105-71-41-81(12,100)79(51(11)104-71)108-70-32-31-67(50(10)103-70)106-80(99)46(6)72(68-30-29-64(91)49(9)102-68)52-25-28-62-63(34-52)65(92)33-44(4)73(62)94)45(5)75(96)47(7)76(97)48(8)77-43(3)24-27-54(84)18-15-20-57(87)36-58(88)37-59(89)38-61-39-60(90)40-82(101,109-61)78(98)74(95)42(2)23-26-53(83)17-14-19-55(85)35-56(86)21-16-22-69(93)107-77/h16,22,24-25,27-28,33-34,42-43,45-51,53-61,64,66-68,70-72,74-77,79,83-91,95-97,100-101H,13-15,17-21,23,26,29-32,35-41H2,1-12H3/t42?,43-,45-,46-,47+,48-,49-,50-,51-,53?,54?,55?,56?,57-,58-,59+,60+,61-,64-,66+,67+,68+,70-,71-,72+,74?,75-,76-,77-,79+,81+,82-/m0/s1. The van der Waals surface area contributed by atoms with Gasteiger partial charge in [0.15, 0.2) is 24.1 Å². The monoisotopic (exact) mass is 1550 g/mol.